The molecule has 0 aromatic carbocycles. The predicted octanol–water partition coefficient (Wildman–Crippen LogP) is 0.494. The van der Waals surface area contributed by atoms with Crippen LogP contribution < -0.4 is 16.6 Å². The number of aromatic nitrogens is 2. The fourth-order valence-corrected chi connectivity index (χ4v) is 1.34. The largest absolute Gasteiger partial charge is 0.391 e. The molecule has 4 N–H and O–H groups in total. The topological polar surface area (TPSA) is 87.0 Å². The van der Waals surface area contributed by atoms with Crippen molar-refractivity contribution >= 4 is 11.5 Å². The van der Waals surface area contributed by atoms with Crippen LogP contribution in [0, 0.1) is 0 Å². The lowest BCUT2D eigenvalue weighted by molar-refractivity contribution is 0.273. The van der Waals surface area contributed by atoms with Gasteiger partial charge in [0.15, 0.2) is 5.82 Å². The van der Waals surface area contributed by atoms with Crippen molar-refractivity contribution in [3.05, 3.63) is 16.7 Å². The molecule has 0 fully saturated rings. The van der Waals surface area contributed by atoms with E-state index in [0.29, 0.717) is 11.9 Å². The van der Waals surface area contributed by atoms with E-state index in [1.54, 1.807) is 0 Å². The van der Waals surface area contributed by atoms with E-state index in [4.69, 9.17) is 5.73 Å². The highest BCUT2D eigenvalue weighted by atomic mass is 16.1. The summed E-state index contributed by atoms with van der Waals surface area (Å²) >= 11 is 0. The van der Waals surface area contributed by atoms with Crippen LogP contribution in [0.3, 0.4) is 0 Å². The third-order valence-corrected chi connectivity index (χ3v) is 2.75. The highest BCUT2D eigenvalue weighted by molar-refractivity contribution is 5.58. The Labute approximate surface area is 101 Å². The lowest BCUT2D eigenvalue weighted by atomic mass is 10.3. The predicted molar refractivity (Wildman–Crippen MR) is 70.1 cm³/mol. The number of hydrogen-bond acceptors (Lipinski definition) is 5. The van der Waals surface area contributed by atoms with E-state index in [0.717, 1.165) is 19.5 Å². The molecule has 96 valence electrons. The van der Waals surface area contributed by atoms with Crippen molar-refractivity contribution in [3.8, 4) is 0 Å². The number of nitrogens with zero attached hydrogens (tertiary/aromatic N) is 2. The van der Waals surface area contributed by atoms with E-state index in [2.05, 4.69) is 41.1 Å². The first-order valence-electron chi connectivity index (χ1n) is 5.79. The Morgan fingerprint density at radius 2 is 2.29 bits per heavy atom. The summed E-state index contributed by atoms with van der Waals surface area (Å²) in [6.45, 7) is 6.05. The van der Waals surface area contributed by atoms with Gasteiger partial charge in [0.05, 0.1) is 6.33 Å². The molecule has 6 heteroatoms. The smallest absolute Gasteiger partial charge is 0.276 e. The van der Waals surface area contributed by atoms with Crippen LogP contribution in [0.25, 0.3) is 0 Å². The minimum Gasteiger partial charge on any atom is -0.391 e. The lowest BCUT2D eigenvalue weighted by Crippen LogP contribution is -2.28. The molecule has 0 saturated heterocycles. The van der Waals surface area contributed by atoms with Crippen LogP contribution in [0.4, 0.5) is 11.5 Å². The third-order valence-electron chi connectivity index (χ3n) is 2.75. The Morgan fingerprint density at radius 1 is 1.59 bits per heavy atom. The Bertz CT molecular complexity index is 401. The number of nitrogens with two attached hydrogens (primary N) is 1. The number of nitrogens with one attached hydrogen (secondary N) is 2. The zero-order valence-corrected chi connectivity index (χ0v) is 10.7. The van der Waals surface area contributed by atoms with Crippen LogP contribution in [0.2, 0.25) is 0 Å². The summed E-state index contributed by atoms with van der Waals surface area (Å²) in [5.41, 5.74) is 5.43. The second-order valence-corrected chi connectivity index (χ2v) is 4.35. The summed E-state index contributed by atoms with van der Waals surface area (Å²) in [7, 11) is 2.09. The quantitative estimate of drug-likeness (QED) is 0.629. The highest BCUT2D eigenvalue weighted by Crippen LogP contribution is 2.06. The molecule has 0 radical (unpaired) electrons. The van der Waals surface area contributed by atoms with Crippen molar-refractivity contribution < 1.29 is 0 Å². The van der Waals surface area contributed by atoms with Gasteiger partial charge in [0.1, 0.15) is 5.69 Å². The van der Waals surface area contributed by atoms with Crippen LogP contribution in [0.5, 0.6) is 0 Å². The molecule has 1 heterocycles. The van der Waals surface area contributed by atoms with Gasteiger partial charge in [-0.1, -0.05) is 0 Å². The zero-order chi connectivity index (χ0) is 12.8. The number of hydrogen-bond donors (Lipinski definition) is 3. The maximum atomic E-state index is 11.2. The van der Waals surface area contributed by atoms with Gasteiger partial charge in [-0.3, -0.25) is 4.79 Å². The molecule has 6 nitrogen and oxygen atoms in total. The van der Waals surface area contributed by atoms with E-state index in [1.807, 2.05) is 0 Å². The lowest BCUT2D eigenvalue weighted by Gasteiger charge is -2.20. The van der Waals surface area contributed by atoms with Crippen molar-refractivity contribution in [2.75, 3.05) is 31.2 Å². The van der Waals surface area contributed by atoms with Gasteiger partial charge >= 0.3 is 0 Å². The summed E-state index contributed by atoms with van der Waals surface area (Å²) in [4.78, 5) is 19.9. The first-order chi connectivity index (χ1) is 8.02. The second kappa shape index (κ2) is 6.24. The molecule has 0 atom stereocenters. The van der Waals surface area contributed by atoms with Gasteiger partial charge in [-0.15, -0.1) is 0 Å². The molecule has 0 saturated carbocycles. The third kappa shape index (κ3) is 4.07. The average molecular weight is 239 g/mol. The van der Waals surface area contributed by atoms with Crippen molar-refractivity contribution in [1.29, 1.82) is 0 Å². The van der Waals surface area contributed by atoms with Crippen molar-refractivity contribution in [2.24, 2.45) is 0 Å². The molecule has 0 spiro atoms. The van der Waals surface area contributed by atoms with Crippen LogP contribution in [-0.4, -0.2) is 41.0 Å². The standard InChI is InChI=1S/C11H21N5O/c1-8(2)16(3)6-4-5-13-10-9(12)11(17)15-7-14-10/h7-8H,4-6,12H2,1-3H3,(H2,13,14,15,17). The summed E-state index contributed by atoms with van der Waals surface area (Å²) in [6, 6.07) is 0.540. The normalized spacial score (nSPS) is 11.1. The molecular formula is C11H21N5O. The minimum atomic E-state index is -0.304. The van der Waals surface area contributed by atoms with E-state index >= 15 is 0 Å². The van der Waals surface area contributed by atoms with Gasteiger partial charge in [-0.05, 0) is 33.9 Å². The molecule has 1 aromatic rings. The van der Waals surface area contributed by atoms with E-state index < -0.39 is 0 Å². The van der Waals surface area contributed by atoms with Crippen molar-refractivity contribution in [1.82, 2.24) is 14.9 Å². The minimum absolute atomic E-state index is 0.143. The molecule has 0 unspecified atom stereocenters. The van der Waals surface area contributed by atoms with Gasteiger partial charge in [-0.2, -0.15) is 0 Å². The maximum absolute atomic E-state index is 11.2. The SMILES string of the molecule is CC(C)N(C)CCCNc1nc[nH]c(=O)c1N. The summed E-state index contributed by atoms with van der Waals surface area (Å²) in [5, 5.41) is 3.07. The number of H-pyrrole nitrogens is 1. The summed E-state index contributed by atoms with van der Waals surface area (Å²) in [5.74, 6) is 0.459. The Balaban J connectivity index is 2.37. The van der Waals surface area contributed by atoms with Crippen LogP contribution in [-0.2, 0) is 0 Å². The van der Waals surface area contributed by atoms with Crippen LogP contribution in [0.15, 0.2) is 11.1 Å². The van der Waals surface area contributed by atoms with Gasteiger partial charge in [0.25, 0.3) is 5.56 Å². The highest BCUT2D eigenvalue weighted by Gasteiger charge is 2.04. The monoisotopic (exact) mass is 239 g/mol. The van der Waals surface area contributed by atoms with Crippen molar-refractivity contribution in [2.45, 2.75) is 26.3 Å². The van der Waals surface area contributed by atoms with Gasteiger partial charge in [0, 0.05) is 12.6 Å². The molecule has 1 rings (SSSR count). The fourth-order valence-electron chi connectivity index (χ4n) is 1.34. The first-order valence-corrected chi connectivity index (χ1v) is 5.79. The molecule has 0 aliphatic heterocycles. The molecule has 0 aliphatic carbocycles. The number of anilines is 2. The number of aromatic amines is 1. The zero-order valence-electron chi connectivity index (χ0n) is 10.7. The van der Waals surface area contributed by atoms with E-state index in [9.17, 15) is 4.79 Å². The molecular weight excluding hydrogens is 218 g/mol. The van der Waals surface area contributed by atoms with Gasteiger partial charge in [0.2, 0.25) is 0 Å². The van der Waals surface area contributed by atoms with Crippen LogP contribution in [0.1, 0.15) is 20.3 Å². The Morgan fingerprint density at radius 3 is 2.94 bits per heavy atom. The number of rotatable bonds is 6. The molecule has 0 amide bonds. The molecule has 1 aromatic heterocycles. The fraction of sp³-hybridized carbons (Fsp3) is 0.636. The van der Waals surface area contributed by atoms with E-state index in [-0.39, 0.29) is 11.2 Å². The molecule has 0 aliphatic rings. The summed E-state index contributed by atoms with van der Waals surface area (Å²) < 4.78 is 0. The van der Waals surface area contributed by atoms with E-state index in [1.165, 1.54) is 6.33 Å². The summed E-state index contributed by atoms with van der Waals surface area (Å²) in [6.07, 6.45) is 2.32. The first kappa shape index (κ1) is 13.5. The van der Waals surface area contributed by atoms with Gasteiger partial charge < -0.3 is 20.9 Å². The molecule has 0 bridgehead atoms. The van der Waals surface area contributed by atoms with Crippen LogP contribution >= 0.6 is 0 Å². The maximum Gasteiger partial charge on any atom is 0.276 e. The second-order valence-electron chi connectivity index (χ2n) is 4.35. The van der Waals surface area contributed by atoms with Crippen molar-refractivity contribution in [3.63, 3.8) is 0 Å². The Kier molecular flexibility index (Phi) is 4.96. The molecule has 17 heavy (non-hydrogen) atoms. The van der Waals surface area contributed by atoms with Gasteiger partial charge in [-0.25, -0.2) is 4.98 Å². The number of nitrogen functional groups attached to an aromatic ring is 1. The average Bonchev–Trinajstić information content (AvgIpc) is 2.29. The Hall–Kier alpha value is -1.56.